The van der Waals surface area contributed by atoms with Crippen molar-refractivity contribution in [2.75, 3.05) is 3.53 Å². The summed E-state index contributed by atoms with van der Waals surface area (Å²) in [6.07, 6.45) is 0. The van der Waals surface area contributed by atoms with Crippen molar-refractivity contribution in [1.82, 2.24) is 0 Å². The number of non-ortho nitro benzene ring substituents is 1. The van der Waals surface area contributed by atoms with Crippen LogP contribution < -0.4 is 3.53 Å². The molecule has 0 amide bonds. The molecular formula is C10H7IN2O2. The van der Waals surface area contributed by atoms with Gasteiger partial charge in [0, 0.05) is 11.5 Å². The summed E-state index contributed by atoms with van der Waals surface area (Å²) in [5, 5.41) is 12.3. The molecule has 0 fully saturated rings. The summed E-state index contributed by atoms with van der Waals surface area (Å²) in [4.78, 5) is 10.4. The number of nitrogens with one attached hydrogen (secondary N) is 1. The maximum absolute atomic E-state index is 10.8. The molecule has 0 heterocycles. The van der Waals surface area contributed by atoms with Crippen molar-refractivity contribution in [3.63, 3.8) is 0 Å². The van der Waals surface area contributed by atoms with Gasteiger partial charge >= 0.3 is 0 Å². The Hall–Kier alpha value is -1.37. The number of hydrogen-bond acceptors (Lipinski definition) is 3. The highest BCUT2D eigenvalue weighted by Gasteiger charge is 2.11. The summed E-state index contributed by atoms with van der Waals surface area (Å²) in [6.45, 7) is 0. The first kappa shape index (κ1) is 10.2. The maximum atomic E-state index is 10.8. The van der Waals surface area contributed by atoms with Crippen LogP contribution in [0.1, 0.15) is 0 Å². The molecule has 0 aromatic heterocycles. The normalized spacial score (nSPS) is 10.2. The molecule has 0 aliphatic carbocycles. The van der Waals surface area contributed by atoms with E-state index in [1.54, 1.807) is 18.2 Å². The highest BCUT2D eigenvalue weighted by Crippen LogP contribution is 2.30. The maximum Gasteiger partial charge on any atom is 0.277 e. The zero-order chi connectivity index (χ0) is 10.8. The summed E-state index contributed by atoms with van der Waals surface area (Å²) in [5.41, 5.74) is 1.03. The van der Waals surface area contributed by atoms with E-state index in [-0.39, 0.29) is 10.6 Å². The van der Waals surface area contributed by atoms with Crippen LogP contribution in [0, 0.1) is 10.1 Å². The van der Waals surface area contributed by atoms with Crippen LogP contribution in [0.5, 0.6) is 0 Å². The van der Waals surface area contributed by atoms with Crippen LogP contribution in [0.3, 0.4) is 0 Å². The number of hydrogen-bond donors (Lipinski definition) is 1. The zero-order valence-corrected chi connectivity index (χ0v) is 9.76. The van der Waals surface area contributed by atoms with Crippen LogP contribution >= 0.6 is 22.9 Å². The molecule has 76 valence electrons. The Morgan fingerprint density at radius 2 is 1.80 bits per heavy atom. The first-order valence-electron chi connectivity index (χ1n) is 4.27. The molecule has 0 saturated heterocycles. The van der Waals surface area contributed by atoms with Gasteiger partial charge in [-0.15, -0.1) is 0 Å². The predicted octanol–water partition coefficient (Wildman–Crippen LogP) is 3.51. The molecule has 0 spiro atoms. The highest BCUT2D eigenvalue weighted by molar-refractivity contribution is 14.1. The minimum absolute atomic E-state index is 0.140. The van der Waals surface area contributed by atoms with E-state index in [0.29, 0.717) is 5.39 Å². The van der Waals surface area contributed by atoms with Crippen molar-refractivity contribution in [2.24, 2.45) is 0 Å². The standard InChI is InChI=1S/C10H7IN2O2/c11-12-9-5-1-4-8-7(9)3-2-6-10(8)13(14)15/h1-6,12H. The van der Waals surface area contributed by atoms with Gasteiger partial charge in [-0.05, 0) is 12.1 Å². The molecule has 0 atom stereocenters. The Kier molecular flexibility index (Phi) is 2.72. The number of nitrogens with zero attached hydrogens (tertiary/aromatic N) is 1. The average Bonchev–Trinajstić information content (AvgIpc) is 2.27. The van der Waals surface area contributed by atoms with E-state index >= 15 is 0 Å². The molecule has 1 N–H and O–H groups in total. The Morgan fingerprint density at radius 3 is 2.47 bits per heavy atom. The van der Waals surface area contributed by atoms with E-state index < -0.39 is 0 Å². The van der Waals surface area contributed by atoms with Gasteiger partial charge in [-0.1, -0.05) is 18.2 Å². The van der Waals surface area contributed by atoms with Gasteiger partial charge in [0.15, 0.2) is 0 Å². The SMILES string of the molecule is O=[N+]([O-])c1cccc2c(NI)cccc12. The Labute approximate surface area is 99.9 Å². The van der Waals surface area contributed by atoms with Gasteiger partial charge in [0.25, 0.3) is 5.69 Å². The molecule has 0 radical (unpaired) electrons. The predicted molar refractivity (Wildman–Crippen MR) is 68.2 cm³/mol. The molecule has 2 rings (SSSR count). The molecule has 2 aromatic carbocycles. The number of halogens is 1. The van der Waals surface area contributed by atoms with Crippen molar-refractivity contribution in [2.45, 2.75) is 0 Å². The van der Waals surface area contributed by atoms with Gasteiger partial charge in [-0.3, -0.25) is 10.1 Å². The lowest BCUT2D eigenvalue weighted by molar-refractivity contribution is -0.383. The molecule has 0 unspecified atom stereocenters. The Morgan fingerprint density at radius 1 is 1.13 bits per heavy atom. The molecule has 0 saturated carbocycles. The third-order valence-electron chi connectivity index (χ3n) is 2.20. The lowest BCUT2D eigenvalue weighted by Crippen LogP contribution is -1.90. The zero-order valence-electron chi connectivity index (χ0n) is 7.61. The summed E-state index contributed by atoms with van der Waals surface area (Å²) in [6, 6.07) is 10.5. The second-order valence-electron chi connectivity index (χ2n) is 3.03. The van der Waals surface area contributed by atoms with Crippen LogP contribution in [0.25, 0.3) is 10.8 Å². The molecule has 5 heteroatoms. The lowest BCUT2D eigenvalue weighted by atomic mass is 10.1. The fourth-order valence-electron chi connectivity index (χ4n) is 1.53. The van der Waals surface area contributed by atoms with Crippen molar-refractivity contribution in [1.29, 1.82) is 0 Å². The molecule has 0 aliphatic heterocycles. The number of nitro groups is 1. The average molecular weight is 314 g/mol. The van der Waals surface area contributed by atoms with Crippen molar-refractivity contribution < 1.29 is 4.92 Å². The molecule has 0 bridgehead atoms. The van der Waals surface area contributed by atoms with Gasteiger partial charge in [-0.2, -0.15) is 0 Å². The van der Waals surface area contributed by atoms with Crippen LogP contribution in [0.15, 0.2) is 36.4 Å². The number of nitro benzene ring substituents is 1. The molecule has 4 nitrogen and oxygen atoms in total. The fraction of sp³-hybridized carbons (Fsp3) is 0. The summed E-state index contributed by atoms with van der Waals surface area (Å²) >= 11 is 2.01. The number of fused-ring (bicyclic) bond motifs is 1. The van der Waals surface area contributed by atoms with Crippen LogP contribution in [-0.4, -0.2) is 4.92 Å². The minimum Gasteiger partial charge on any atom is -0.328 e. The van der Waals surface area contributed by atoms with Gasteiger partial charge in [0.2, 0.25) is 0 Å². The third kappa shape index (κ3) is 1.74. The summed E-state index contributed by atoms with van der Waals surface area (Å²) in [5.74, 6) is 0. The third-order valence-corrected chi connectivity index (χ3v) is 2.78. The summed E-state index contributed by atoms with van der Waals surface area (Å²) in [7, 11) is 0. The lowest BCUT2D eigenvalue weighted by Gasteiger charge is -2.04. The second-order valence-corrected chi connectivity index (χ2v) is 3.57. The molecule has 15 heavy (non-hydrogen) atoms. The minimum atomic E-state index is -0.362. The van der Waals surface area contributed by atoms with Crippen LogP contribution in [0.2, 0.25) is 0 Å². The first-order chi connectivity index (χ1) is 7.24. The number of anilines is 1. The Bertz CT molecular complexity index is 528. The van der Waals surface area contributed by atoms with Crippen molar-refractivity contribution in [3.8, 4) is 0 Å². The highest BCUT2D eigenvalue weighted by atomic mass is 127. The monoisotopic (exact) mass is 314 g/mol. The Balaban J connectivity index is 2.82. The quantitative estimate of drug-likeness (QED) is 0.399. The van der Waals surface area contributed by atoms with Gasteiger partial charge < -0.3 is 3.53 Å². The van der Waals surface area contributed by atoms with Gasteiger partial charge in [0.1, 0.15) is 0 Å². The van der Waals surface area contributed by atoms with E-state index in [9.17, 15) is 10.1 Å². The van der Waals surface area contributed by atoms with E-state index in [0.717, 1.165) is 11.1 Å². The second kappa shape index (κ2) is 4.01. The van der Waals surface area contributed by atoms with Gasteiger partial charge in [-0.25, -0.2) is 0 Å². The molecular weight excluding hydrogens is 307 g/mol. The van der Waals surface area contributed by atoms with Crippen molar-refractivity contribution in [3.05, 3.63) is 46.5 Å². The molecule has 2 aromatic rings. The van der Waals surface area contributed by atoms with E-state index in [1.165, 1.54) is 6.07 Å². The van der Waals surface area contributed by atoms with Gasteiger partial charge in [0.05, 0.1) is 38.9 Å². The van der Waals surface area contributed by atoms with E-state index in [1.807, 2.05) is 35.0 Å². The first-order valence-corrected chi connectivity index (χ1v) is 5.34. The number of rotatable bonds is 2. The van der Waals surface area contributed by atoms with E-state index in [4.69, 9.17) is 0 Å². The topological polar surface area (TPSA) is 55.2 Å². The number of benzene rings is 2. The van der Waals surface area contributed by atoms with Crippen LogP contribution in [0.4, 0.5) is 11.4 Å². The summed E-state index contributed by atoms with van der Waals surface area (Å²) < 4.78 is 2.98. The fourth-order valence-corrected chi connectivity index (χ4v) is 2.01. The van der Waals surface area contributed by atoms with E-state index in [2.05, 4.69) is 3.53 Å². The van der Waals surface area contributed by atoms with Crippen LogP contribution in [-0.2, 0) is 0 Å². The molecule has 0 aliphatic rings. The smallest absolute Gasteiger partial charge is 0.277 e. The van der Waals surface area contributed by atoms with Crippen molar-refractivity contribution >= 4 is 45.0 Å². The largest absolute Gasteiger partial charge is 0.328 e.